The summed E-state index contributed by atoms with van der Waals surface area (Å²) in [7, 11) is 0. The van der Waals surface area contributed by atoms with Gasteiger partial charge >= 0.3 is 0 Å². The Labute approximate surface area is 109 Å². The van der Waals surface area contributed by atoms with E-state index in [1.807, 2.05) is 0 Å². The van der Waals surface area contributed by atoms with E-state index in [9.17, 15) is 0 Å². The first kappa shape index (κ1) is 13.3. The molecule has 17 heavy (non-hydrogen) atoms. The van der Waals surface area contributed by atoms with Crippen LogP contribution in [0.5, 0.6) is 5.75 Å². The van der Waals surface area contributed by atoms with E-state index in [4.69, 9.17) is 22.4 Å². The Morgan fingerprint density at radius 3 is 2.47 bits per heavy atom. The molecule has 0 spiro atoms. The molecule has 5 nitrogen and oxygen atoms in total. The molecule has 0 aliphatic carbocycles. The topological polar surface area (TPSA) is 84.1 Å². The number of aromatic hydroxyl groups is 1. The fraction of sp³-hybridized carbons (Fsp3) is 0. The monoisotopic (exact) mass is 272 g/mol. The van der Waals surface area contributed by atoms with E-state index in [-0.39, 0.29) is 29.0 Å². The number of rotatable bonds is 2. The van der Waals surface area contributed by atoms with Crippen LogP contribution in [0, 0.1) is 0 Å². The molecule has 2 aromatic rings. The lowest BCUT2D eigenvalue weighted by Gasteiger charge is -2.08. The van der Waals surface area contributed by atoms with Crippen molar-refractivity contribution < 1.29 is 5.11 Å². The zero-order chi connectivity index (χ0) is 11.5. The van der Waals surface area contributed by atoms with E-state index >= 15 is 0 Å². The molecule has 0 unspecified atom stereocenters. The van der Waals surface area contributed by atoms with Crippen LogP contribution in [0.25, 0.3) is 0 Å². The highest BCUT2D eigenvalue weighted by atomic mass is 35.5. The molecule has 0 bridgehead atoms. The Morgan fingerprint density at radius 1 is 1.18 bits per heavy atom. The number of hydrogen-bond donors (Lipinski definition) is 3. The standard InChI is InChI=1S/C10H9ClN4O.ClH/c11-9-8(12)10(14-5-13-9)15-6-1-3-7(16)4-2-6;/h1-5,16H,12H2,(H,13,14,15);1H. The molecule has 0 aliphatic heterocycles. The fourth-order valence-corrected chi connectivity index (χ4v) is 1.29. The second-order valence-electron chi connectivity index (χ2n) is 3.10. The van der Waals surface area contributed by atoms with Gasteiger partial charge in [-0.2, -0.15) is 0 Å². The zero-order valence-corrected chi connectivity index (χ0v) is 10.2. The van der Waals surface area contributed by atoms with Crippen LogP contribution in [0.1, 0.15) is 0 Å². The molecule has 0 saturated heterocycles. The number of nitrogens with two attached hydrogens (primary N) is 1. The number of phenols is 1. The van der Waals surface area contributed by atoms with E-state index in [0.717, 1.165) is 5.69 Å². The molecule has 2 rings (SSSR count). The van der Waals surface area contributed by atoms with Crippen LogP contribution >= 0.6 is 24.0 Å². The van der Waals surface area contributed by atoms with Gasteiger partial charge in [-0.3, -0.25) is 0 Å². The van der Waals surface area contributed by atoms with E-state index in [1.54, 1.807) is 24.3 Å². The van der Waals surface area contributed by atoms with Crippen LogP contribution in [0.2, 0.25) is 5.15 Å². The third kappa shape index (κ3) is 3.12. The first-order chi connectivity index (χ1) is 7.66. The van der Waals surface area contributed by atoms with Crippen molar-refractivity contribution in [3.8, 4) is 5.75 Å². The predicted octanol–water partition coefficient (Wildman–Crippen LogP) is 2.58. The van der Waals surface area contributed by atoms with Crippen molar-refractivity contribution in [3.05, 3.63) is 35.7 Å². The van der Waals surface area contributed by atoms with Crippen LogP contribution < -0.4 is 11.1 Å². The van der Waals surface area contributed by atoms with Crippen LogP contribution in [-0.2, 0) is 0 Å². The largest absolute Gasteiger partial charge is 0.508 e. The van der Waals surface area contributed by atoms with Crippen molar-refractivity contribution >= 4 is 41.2 Å². The Kier molecular flexibility index (Phi) is 4.37. The minimum Gasteiger partial charge on any atom is -0.508 e. The molecule has 0 fully saturated rings. The van der Waals surface area contributed by atoms with E-state index in [0.29, 0.717) is 5.82 Å². The average molecular weight is 273 g/mol. The molecule has 7 heteroatoms. The summed E-state index contributed by atoms with van der Waals surface area (Å²) in [5.74, 6) is 0.630. The van der Waals surface area contributed by atoms with E-state index < -0.39 is 0 Å². The quantitative estimate of drug-likeness (QED) is 0.578. The van der Waals surface area contributed by atoms with Crippen molar-refractivity contribution in [1.29, 1.82) is 0 Å². The number of hydrogen-bond acceptors (Lipinski definition) is 5. The van der Waals surface area contributed by atoms with Gasteiger partial charge < -0.3 is 16.2 Å². The molecule has 90 valence electrons. The van der Waals surface area contributed by atoms with Gasteiger partial charge in [0, 0.05) is 5.69 Å². The summed E-state index contributed by atoms with van der Waals surface area (Å²) in [4.78, 5) is 7.71. The predicted molar refractivity (Wildman–Crippen MR) is 70.1 cm³/mol. The highest BCUT2D eigenvalue weighted by Gasteiger charge is 2.05. The van der Waals surface area contributed by atoms with Crippen molar-refractivity contribution in [2.75, 3.05) is 11.1 Å². The third-order valence-corrected chi connectivity index (χ3v) is 2.27. The van der Waals surface area contributed by atoms with Gasteiger partial charge in [-0.25, -0.2) is 9.97 Å². The van der Waals surface area contributed by atoms with E-state index in [2.05, 4.69) is 15.3 Å². The van der Waals surface area contributed by atoms with Gasteiger partial charge in [-0.15, -0.1) is 12.4 Å². The molecule has 1 heterocycles. The van der Waals surface area contributed by atoms with Crippen LogP contribution in [-0.4, -0.2) is 15.1 Å². The second kappa shape index (κ2) is 5.56. The normalized spacial score (nSPS) is 9.47. The zero-order valence-electron chi connectivity index (χ0n) is 8.59. The molecule has 0 atom stereocenters. The van der Waals surface area contributed by atoms with Crippen LogP contribution in [0.3, 0.4) is 0 Å². The summed E-state index contributed by atoms with van der Waals surface area (Å²) in [6, 6.07) is 6.51. The molecule has 0 amide bonds. The SMILES string of the molecule is Cl.Nc1c(Cl)ncnc1Nc1ccc(O)cc1. The maximum absolute atomic E-state index is 9.12. The number of phenolic OH excluding ortho intramolecular Hbond substituents is 1. The third-order valence-electron chi connectivity index (χ3n) is 1.97. The van der Waals surface area contributed by atoms with Crippen molar-refractivity contribution in [2.45, 2.75) is 0 Å². The Balaban J connectivity index is 0.00000144. The summed E-state index contributed by atoms with van der Waals surface area (Å²) in [5.41, 5.74) is 6.73. The minimum absolute atomic E-state index is 0. The fourth-order valence-electron chi connectivity index (χ4n) is 1.16. The molecule has 0 radical (unpaired) electrons. The number of nitrogens with zero attached hydrogens (tertiary/aromatic N) is 2. The van der Waals surface area contributed by atoms with Gasteiger partial charge in [0.05, 0.1) is 0 Å². The summed E-state index contributed by atoms with van der Waals surface area (Å²) in [6.45, 7) is 0. The van der Waals surface area contributed by atoms with Gasteiger partial charge in [0.2, 0.25) is 0 Å². The first-order valence-electron chi connectivity index (χ1n) is 4.49. The highest BCUT2D eigenvalue weighted by Crippen LogP contribution is 2.25. The smallest absolute Gasteiger partial charge is 0.158 e. The molecule has 4 N–H and O–H groups in total. The summed E-state index contributed by atoms with van der Waals surface area (Å²) in [6.07, 6.45) is 1.32. The lowest BCUT2D eigenvalue weighted by molar-refractivity contribution is 0.475. The number of aromatic nitrogens is 2. The van der Waals surface area contributed by atoms with Gasteiger partial charge in [0.15, 0.2) is 11.0 Å². The summed E-state index contributed by atoms with van der Waals surface area (Å²) < 4.78 is 0. The van der Waals surface area contributed by atoms with Gasteiger partial charge in [-0.05, 0) is 24.3 Å². The van der Waals surface area contributed by atoms with E-state index in [1.165, 1.54) is 6.33 Å². The highest BCUT2D eigenvalue weighted by molar-refractivity contribution is 6.32. The molecule has 0 aliphatic rings. The van der Waals surface area contributed by atoms with Gasteiger partial charge in [0.1, 0.15) is 17.8 Å². The summed E-state index contributed by atoms with van der Waals surface area (Å²) >= 11 is 5.75. The number of nitrogen functional groups attached to an aromatic ring is 1. The maximum atomic E-state index is 9.12. The maximum Gasteiger partial charge on any atom is 0.158 e. The molecule has 1 aromatic heterocycles. The second-order valence-corrected chi connectivity index (χ2v) is 3.46. The van der Waals surface area contributed by atoms with Crippen molar-refractivity contribution in [3.63, 3.8) is 0 Å². The van der Waals surface area contributed by atoms with Crippen molar-refractivity contribution in [1.82, 2.24) is 9.97 Å². The number of benzene rings is 1. The van der Waals surface area contributed by atoms with Gasteiger partial charge in [-0.1, -0.05) is 11.6 Å². The Hall–Kier alpha value is -1.72. The lowest BCUT2D eigenvalue weighted by Crippen LogP contribution is -2.00. The average Bonchev–Trinajstić information content (AvgIpc) is 2.28. The lowest BCUT2D eigenvalue weighted by atomic mass is 10.3. The number of anilines is 3. The number of nitrogens with one attached hydrogen (secondary N) is 1. The van der Waals surface area contributed by atoms with Crippen molar-refractivity contribution in [2.24, 2.45) is 0 Å². The summed E-state index contributed by atoms with van der Waals surface area (Å²) in [5, 5.41) is 12.3. The Morgan fingerprint density at radius 2 is 1.82 bits per heavy atom. The Bertz CT molecular complexity index is 504. The van der Waals surface area contributed by atoms with Gasteiger partial charge in [0.25, 0.3) is 0 Å². The molecule has 0 saturated carbocycles. The number of halogens is 2. The first-order valence-corrected chi connectivity index (χ1v) is 4.86. The van der Waals surface area contributed by atoms with Crippen LogP contribution in [0.15, 0.2) is 30.6 Å². The van der Waals surface area contributed by atoms with Crippen LogP contribution in [0.4, 0.5) is 17.2 Å². The minimum atomic E-state index is 0. The molecular weight excluding hydrogens is 263 g/mol. The molecule has 1 aromatic carbocycles. The molecular formula is C10H10Cl2N4O.